The first-order valence-electron chi connectivity index (χ1n) is 5.56. The summed E-state index contributed by atoms with van der Waals surface area (Å²) in [6.07, 6.45) is 4.15. The average Bonchev–Trinajstić information content (AvgIpc) is 2.31. The van der Waals surface area contributed by atoms with E-state index in [0.29, 0.717) is 11.0 Å². The van der Waals surface area contributed by atoms with Crippen LogP contribution >= 0.6 is 23.4 Å². The first kappa shape index (κ1) is 13.6. The molecule has 1 aromatic rings. The summed E-state index contributed by atoms with van der Waals surface area (Å²) in [6.45, 7) is 2.16. The van der Waals surface area contributed by atoms with Gasteiger partial charge >= 0.3 is 0 Å². The van der Waals surface area contributed by atoms with Gasteiger partial charge in [0.1, 0.15) is 6.29 Å². The number of rotatable bonds is 7. The zero-order valence-electron chi connectivity index (χ0n) is 9.49. The van der Waals surface area contributed by atoms with E-state index in [1.165, 1.54) is 5.56 Å². The fourth-order valence-electron chi connectivity index (χ4n) is 1.60. The largest absolute Gasteiger partial charge is 0.302 e. The number of aryl methyl sites for hydroxylation is 1. The molecule has 0 N–H and O–H groups in total. The summed E-state index contributed by atoms with van der Waals surface area (Å²) < 4.78 is 0. The van der Waals surface area contributed by atoms with Crippen molar-refractivity contribution in [2.75, 3.05) is 5.75 Å². The molecule has 0 amide bonds. The van der Waals surface area contributed by atoms with Crippen LogP contribution in [-0.4, -0.2) is 17.3 Å². The molecule has 3 heteroatoms. The van der Waals surface area contributed by atoms with E-state index in [4.69, 9.17) is 11.6 Å². The summed E-state index contributed by atoms with van der Waals surface area (Å²) in [7, 11) is 0. The molecule has 0 spiro atoms. The second kappa shape index (κ2) is 7.75. The van der Waals surface area contributed by atoms with E-state index in [-0.39, 0.29) is 0 Å². The van der Waals surface area contributed by atoms with Crippen molar-refractivity contribution in [2.45, 2.75) is 31.4 Å². The third kappa shape index (κ3) is 4.58. The van der Waals surface area contributed by atoms with Gasteiger partial charge in [-0.05, 0) is 30.9 Å². The molecule has 0 saturated carbocycles. The van der Waals surface area contributed by atoms with E-state index < -0.39 is 0 Å². The topological polar surface area (TPSA) is 17.1 Å². The van der Waals surface area contributed by atoms with Crippen LogP contribution in [0.1, 0.15) is 25.3 Å². The van der Waals surface area contributed by atoms with Crippen LogP contribution in [0.25, 0.3) is 0 Å². The Hall–Kier alpha value is -0.470. The molecule has 1 unspecified atom stereocenters. The Morgan fingerprint density at radius 2 is 2.19 bits per heavy atom. The minimum absolute atomic E-state index is 0.557. The second-order valence-corrected chi connectivity index (χ2v) is 5.40. The van der Waals surface area contributed by atoms with Crippen LogP contribution in [0.3, 0.4) is 0 Å². The molecule has 1 aromatic carbocycles. The van der Waals surface area contributed by atoms with Gasteiger partial charge < -0.3 is 4.79 Å². The summed E-state index contributed by atoms with van der Waals surface area (Å²) in [6, 6.07) is 7.96. The van der Waals surface area contributed by atoms with Crippen molar-refractivity contribution in [3.63, 3.8) is 0 Å². The van der Waals surface area contributed by atoms with Crippen molar-refractivity contribution in [2.24, 2.45) is 0 Å². The van der Waals surface area contributed by atoms with Crippen molar-refractivity contribution >= 4 is 29.6 Å². The molecular formula is C13H17ClOS. The van der Waals surface area contributed by atoms with Crippen molar-refractivity contribution in [1.29, 1.82) is 0 Å². The van der Waals surface area contributed by atoms with E-state index in [9.17, 15) is 4.79 Å². The van der Waals surface area contributed by atoms with Gasteiger partial charge in [-0.1, -0.05) is 36.7 Å². The van der Waals surface area contributed by atoms with E-state index in [1.807, 2.05) is 18.2 Å². The third-order valence-corrected chi connectivity index (χ3v) is 4.29. The van der Waals surface area contributed by atoms with Crippen molar-refractivity contribution in [3.8, 4) is 0 Å². The lowest BCUT2D eigenvalue weighted by Crippen LogP contribution is -2.04. The Labute approximate surface area is 107 Å². The van der Waals surface area contributed by atoms with E-state index >= 15 is 0 Å². The first-order chi connectivity index (χ1) is 7.77. The Kier molecular flexibility index (Phi) is 6.58. The molecule has 0 aliphatic carbocycles. The summed E-state index contributed by atoms with van der Waals surface area (Å²) in [4.78, 5) is 10.3. The maximum absolute atomic E-state index is 10.3. The zero-order valence-corrected chi connectivity index (χ0v) is 11.1. The maximum atomic E-state index is 10.3. The minimum atomic E-state index is 0.557. The lowest BCUT2D eigenvalue weighted by atomic mass is 10.1. The van der Waals surface area contributed by atoms with Crippen LogP contribution < -0.4 is 0 Å². The number of hydrogen-bond acceptors (Lipinski definition) is 2. The molecule has 0 aliphatic heterocycles. The Morgan fingerprint density at radius 1 is 1.44 bits per heavy atom. The fourth-order valence-corrected chi connectivity index (χ4v) is 2.70. The van der Waals surface area contributed by atoms with E-state index in [2.05, 4.69) is 13.0 Å². The van der Waals surface area contributed by atoms with Gasteiger partial charge in [-0.2, -0.15) is 11.8 Å². The SMILES string of the molecule is CCC(CCc1ccccc1Cl)SCC=O. The number of carbonyl (C=O) groups is 1. The van der Waals surface area contributed by atoms with Crippen LogP contribution in [0.15, 0.2) is 24.3 Å². The highest BCUT2D eigenvalue weighted by molar-refractivity contribution is 8.00. The molecule has 0 saturated heterocycles. The molecule has 1 rings (SSSR count). The highest BCUT2D eigenvalue weighted by atomic mass is 35.5. The molecule has 0 aromatic heterocycles. The molecule has 1 atom stereocenters. The Morgan fingerprint density at radius 3 is 2.81 bits per heavy atom. The summed E-state index contributed by atoms with van der Waals surface area (Å²) in [5.41, 5.74) is 1.20. The van der Waals surface area contributed by atoms with Crippen LogP contribution in [0, 0.1) is 0 Å². The highest BCUT2D eigenvalue weighted by Gasteiger charge is 2.08. The lowest BCUT2D eigenvalue weighted by molar-refractivity contribution is -0.105. The van der Waals surface area contributed by atoms with Gasteiger partial charge in [0.25, 0.3) is 0 Å². The molecule has 0 aliphatic rings. The van der Waals surface area contributed by atoms with Crippen molar-refractivity contribution in [1.82, 2.24) is 0 Å². The normalized spacial score (nSPS) is 12.4. The number of halogens is 1. The number of aldehydes is 1. The summed E-state index contributed by atoms with van der Waals surface area (Å²) in [5, 5.41) is 1.40. The molecule has 0 fully saturated rings. The van der Waals surface area contributed by atoms with Gasteiger partial charge in [0.2, 0.25) is 0 Å². The van der Waals surface area contributed by atoms with Gasteiger partial charge in [0, 0.05) is 16.0 Å². The fraction of sp³-hybridized carbons (Fsp3) is 0.462. The smallest absolute Gasteiger partial charge is 0.129 e. The van der Waals surface area contributed by atoms with Crippen LogP contribution in [0.5, 0.6) is 0 Å². The third-order valence-electron chi connectivity index (χ3n) is 2.55. The average molecular weight is 257 g/mol. The maximum Gasteiger partial charge on any atom is 0.129 e. The van der Waals surface area contributed by atoms with Gasteiger partial charge in [-0.15, -0.1) is 0 Å². The molecule has 88 valence electrons. The Bertz CT molecular complexity index is 327. The monoisotopic (exact) mass is 256 g/mol. The standard InChI is InChI=1S/C13H17ClOS/c1-2-12(16-10-9-15)8-7-11-5-3-4-6-13(11)14/h3-6,9,12H,2,7-8,10H2,1H3. The van der Waals surface area contributed by atoms with Crippen LogP contribution in [0.2, 0.25) is 5.02 Å². The van der Waals surface area contributed by atoms with Crippen LogP contribution in [-0.2, 0) is 11.2 Å². The van der Waals surface area contributed by atoms with Gasteiger partial charge in [0.15, 0.2) is 0 Å². The second-order valence-electron chi connectivity index (χ2n) is 3.66. The number of benzene rings is 1. The predicted octanol–water partition coefficient (Wildman–Crippen LogP) is 3.98. The van der Waals surface area contributed by atoms with Gasteiger partial charge in [-0.25, -0.2) is 0 Å². The molecule has 0 radical (unpaired) electrons. The van der Waals surface area contributed by atoms with Crippen molar-refractivity contribution in [3.05, 3.63) is 34.9 Å². The number of hydrogen-bond donors (Lipinski definition) is 0. The van der Waals surface area contributed by atoms with Crippen molar-refractivity contribution < 1.29 is 4.79 Å². The summed E-state index contributed by atoms with van der Waals surface area (Å²) >= 11 is 7.83. The molecular weight excluding hydrogens is 240 g/mol. The predicted molar refractivity (Wildman–Crippen MR) is 72.4 cm³/mol. The van der Waals surface area contributed by atoms with E-state index in [1.54, 1.807) is 11.8 Å². The van der Waals surface area contributed by atoms with Crippen LogP contribution in [0.4, 0.5) is 0 Å². The summed E-state index contributed by atoms with van der Waals surface area (Å²) in [5.74, 6) is 0.598. The lowest BCUT2D eigenvalue weighted by Gasteiger charge is -2.13. The molecule has 0 bridgehead atoms. The number of thioether (sulfide) groups is 1. The van der Waals surface area contributed by atoms with Gasteiger partial charge in [0.05, 0.1) is 0 Å². The molecule has 0 heterocycles. The van der Waals surface area contributed by atoms with E-state index in [0.717, 1.165) is 30.6 Å². The molecule has 1 nitrogen and oxygen atoms in total. The minimum Gasteiger partial charge on any atom is -0.302 e. The zero-order chi connectivity index (χ0) is 11.8. The Balaban J connectivity index is 2.43. The first-order valence-corrected chi connectivity index (χ1v) is 6.99. The van der Waals surface area contributed by atoms with Gasteiger partial charge in [-0.3, -0.25) is 0 Å². The quantitative estimate of drug-likeness (QED) is 0.687. The number of carbonyl (C=O) groups excluding carboxylic acids is 1. The highest BCUT2D eigenvalue weighted by Crippen LogP contribution is 2.22. The molecule has 16 heavy (non-hydrogen) atoms.